The number of rotatable bonds is 10. The van der Waals surface area contributed by atoms with Crippen molar-refractivity contribution < 1.29 is 27.6 Å². The molecule has 1 aromatic carbocycles. The molecule has 0 radical (unpaired) electrons. The van der Waals surface area contributed by atoms with Crippen LogP contribution in [0.5, 0.6) is 0 Å². The normalized spacial score (nSPS) is 17.0. The van der Waals surface area contributed by atoms with Gasteiger partial charge in [0.25, 0.3) is 0 Å². The Morgan fingerprint density at radius 1 is 1.28 bits per heavy atom. The summed E-state index contributed by atoms with van der Waals surface area (Å²) >= 11 is 0. The summed E-state index contributed by atoms with van der Waals surface area (Å²) < 4.78 is 55.2. The maximum absolute atomic E-state index is 14.0. The Labute approximate surface area is 224 Å². The van der Waals surface area contributed by atoms with Crippen LogP contribution in [0, 0.1) is 0 Å². The number of hydrogen-bond donors (Lipinski definition) is 4. The van der Waals surface area contributed by atoms with Crippen molar-refractivity contribution in [3.63, 3.8) is 0 Å². The number of nitrogens with zero attached hydrogens (tertiary/aromatic N) is 3. The van der Waals surface area contributed by atoms with Crippen LogP contribution in [0.3, 0.4) is 0 Å². The number of carboxylic acids is 1. The van der Waals surface area contributed by atoms with E-state index in [9.17, 15) is 27.6 Å². The summed E-state index contributed by atoms with van der Waals surface area (Å²) in [6.07, 6.45) is 2.27. The largest absolute Gasteiger partial charge is 0.478 e. The number of alkyl halides is 3. The Hall–Kier alpha value is -2.95. The molecule has 3 aromatic rings. The zero-order chi connectivity index (χ0) is 28.4. The van der Waals surface area contributed by atoms with Crippen molar-refractivity contribution >= 4 is 35.3 Å². The van der Waals surface area contributed by atoms with Crippen molar-refractivity contribution in [1.82, 2.24) is 19.9 Å². The molecule has 13 heteroatoms. The molecular weight excluding hydrogens is 532 g/mol. The van der Waals surface area contributed by atoms with Gasteiger partial charge in [-0.2, -0.15) is 13.2 Å². The molecule has 0 spiro atoms. The fourth-order valence-corrected chi connectivity index (χ4v) is 6.67. The van der Waals surface area contributed by atoms with Crippen LogP contribution in [0.2, 0.25) is 0 Å². The van der Waals surface area contributed by atoms with E-state index in [0.717, 1.165) is 57.9 Å². The van der Waals surface area contributed by atoms with Crippen LogP contribution in [-0.2, 0) is 10.7 Å². The molecule has 0 aliphatic carbocycles. The van der Waals surface area contributed by atoms with Gasteiger partial charge in [-0.1, -0.05) is 12.5 Å². The van der Waals surface area contributed by atoms with Gasteiger partial charge in [0.15, 0.2) is 0 Å². The van der Waals surface area contributed by atoms with Crippen molar-refractivity contribution in [3.05, 3.63) is 35.7 Å². The Kier molecular flexibility index (Phi) is 8.68. The number of benzene rings is 1. The minimum absolute atomic E-state index is 0.0170. The van der Waals surface area contributed by atoms with Gasteiger partial charge < -0.3 is 30.6 Å². The first-order valence-corrected chi connectivity index (χ1v) is 15.6. The number of anilines is 1. The SMILES string of the molecule is CP(C)(=O)c1c(C(=O)O)ccc2c(-c3nc(N[C@H]4CCCN(CCCCCN)C4)ncc3C(F)(F)F)c[nH]c12. The third-order valence-corrected chi connectivity index (χ3v) is 8.51. The van der Waals surface area contributed by atoms with Gasteiger partial charge in [0, 0.05) is 41.2 Å². The van der Waals surface area contributed by atoms with Gasteiger partial charge in [0.05, 0.1) is 16.8 Å². The summed E-state index contributed by atoms with van der Waals surface area (Å²) in [7, 11) is -3.12. The van der Waals surface area contributed by atoms with Crippen LogP contribution >= 0.6 is 7.14 Å². The van der Waals surface area contributed by atoms with Crippen LogP contribution in [0.4, 0.5) is 19.1 Å². The van der Waals surface area contributed by atoms with E-state index >= 15 is 0 Å². The van der Waals surface area contributed by atoms with E-state index in [-0.39, 0.29) is 39.6 Å². The average Bonchev–Trinajstić information content (AvgIpc) is 3.29. The summed E-state index contributed by atoms with van der Waals surface area (Å²) in [5.41, 5.74) is 4.41. The Balaban J connectivity index is 1.69. The van der Waals surface area contributed by atoms with Crippen LogP contribution in [0.25, 0.3) is 22.2 Å². The number of likely N-dealkylation sites (tertiary alicyclic amines) is 1. The molecule has 5 N–H and O–H groups in total. The van der Waals surface area contributed by atoms with E-state index in [1.54, 1.807) is 0 Å². The molecule has 9 nitrogen and oxygen atoms in total. The molecule has 0 saturated carbocycles. The molecule has 1 saturated heterocycles. The highest BCUT2D eigenvalue weighted by Gasteiger charge is 2.37. The fourth-order valence-electron chi connectivity index (χ4n) is 5.19. The van der Waals surface area contributed by atoms with Crippen LogP contribution in [-0.4, -0.2) is 76.5 Å². The number of aromatic amines is 1. The number of nitrogens with one attached hydrogen (secondary N) is 2. The van der Waals surface area contributed by atoms with Gasteiger partial charge in [-0.3, -0.25) is 0 Å². The lowest BCUT2D eigenvalue weighted by Crippen LogP contribution is -2.42. The summed E-state index contributed by atoms with van der Waals surface area (Å²) in [5, 5.41) is 13.2. The molecular formula is C26H34F3N6O3P. The lowest BCUT2D eigenvalue weighted by molar-refractivity contribution is -0.137. The zero-order valence-corrected chi connectivity index (χ0v) is 22.9. The van der Waals surface area contributed by atoms with E-state index < -0.39 is 24.9 Å². The standard InChI is InChI=1S/C26H34F3N6O3P/c1-39(2,38)23-18(24(36)37)9-8-17-19(13-31-22(17)23)21-20(26(27,28)29)14-32-25(34-21)33-16-7-6-12-35(15-16)11-5-3-4-10-30/h8-9,13-14,16,31H,3-7,10-12,15,30H2,1-2H3,(H,36,37)(H,32,33,34)/t16-/m0/s1. The van der Waals surface area contributed by atoms with Gasteiger partial charge in [0.1, 0.15) is 12.7 Å². The lowest BCUT2D eigenvalue weighted by atomic mass is 10.0. The maximum atomic E-state index is 14.0. The number of H-pyrrole nitrogens is 1. The number of aromatic carboxylic acids is 1. The number of aromatic nitrogens is 3. The van der Waals surface area contributed by atoms with E-state index in [1.165, 1.54) is 31.7 Å². The number of carboxylic acid groups (broad SMARTS) is 1. The van der Waals surface area contributed by atoms with Crippen molar-refractivity contribution in [2.75, 3.05) is 44.8 Å². The van der Waals surface area contributed by atoms with Crippen LogP contribution < -0.4 is 16.4 Å². The Morgan fingerprint density at radius 2 is 2.05 bits per heavy atom. The first-order valence-electron chi connectivity index (χ1n) is 13.0. The highest BCUT2D eigenvalue weighted by molar-refractivity contribution is 7.70. The molecule has 0 amide bonds. The summed E-state index contributed by atoms with van der Waals surface area (Å²) in [6, 6.07) is 2.68. The highest BCUT2D eigenvalue weighted by atomic mass is 31.2. The summed E-state index contributed by atoms with van der Waals surface area (Å²) in [6.45, 7) is 6.16. The van der Waals surface area contributed by atoms with Crippen molar-refractivity contribution in [3.8, 4) is 11.3 Å². The zero-order valence-electron chi connectivity index (χ0n) is 22.0. The van der Waals surface area contributed by atoms with E-state index in [2.05, 4.69) is 25.2 Å². The number of halogens is 3. The topological polar surface area (TPSA) is 137 Å². The Bertz CT molecular complexity index is 1390. The third kappa shape index (κ3) is 6.62. The smallest absolute Gasteiger partial charge is 0.419 e. The van der Waals surface area contributed by atoms with Crippen LogP contribution in [0.1, 0.15) is 48.0 Å². The highest BCUT2D eigenvalue weighted by Crippen LogP contribution is 2.43. The molecule has 1 aliphatic rings. The molecule has 0 unspecified atom stereocenters. The van der Waals surface area contributed by atoms with E-state index in [0.29, 0.717) is 11.9 Å². The molecule has 0 bridgehead atoms. The van der Waals surface area contributed by atoms with Gasteiger partial charge in [-0.25, -0.2) is 14.8 Å². The predicted molar refractivity (Wildman–Crippen MR) is 146 cm³/mol. The number of hydrogen-bond acceptors (Lipinski definition) is 7. The van der Waals surface area contributed by atoms with E-state index in [4.69, 9.17) is 5.73 Å². The molecule has 1 atom stereocenters. The first kappa shape index (κ1) is 29.0. The third-order valence-electron chi connectivity index (χ3n) is 6.96. The number of nitrogens with two attached hydrogens (primary N) is 1. The average molecular weight is 567 g/mol. The van der Waals surface area contributed by atoms with Crippen molar-refractivity contribution in [2.24, 2.45) is 5.73 Å². The number of piperidine rings is 1. The van der Waals surface area contributed by atoms with Gasteiger partial charge in [-0.05, 0) is 64.7 Å². The summed E-state index contributed by atoms with van der Waals surface area (Å²) in [5.74, 6) is -1.18. The van der Waals surface area contributed by atoms with Gasteiger partial charge in [0.2, 0.25) is 5.95 Å². The molecule has 212 valence electrons. The van der Waals surface area contributed by atoms with Crippen molar-refractivity contribution in [2.45, 2.75) is 44.3 Å². The van der Waals surface area contributed by atoms with Crippen LogP contribution in [0.15, 0.2) is 24.5 Å². The number of fused-ring (bicyclic) bond motifs is 1. The second-order valence-electron chi connectivity index (χ2n) is 10.3. The minimum atomic E-state index is -4.72. The monoisotopic (exact) mass is 566 g/mol. The second kappa shape index (κ2) is 11.7. The molecule has 2 aromatic heterocycles. The minimum Gasteiger partial charge on any atom is -0.478 e. The molecule has 39 heavy (non-hydrogen) atoms. The fraction of sp³-hybridized carbons (Fsp3) is 0.500. The molecule has 3 heterocycles. The Morgan fingerprint density at radius 3 is 2.72 bits per heavy atom. The quantitative estimate of drug-likeness (QED) is 0.207. The molecule has 4 rings (SSSR count). The summed E-state index contributed by atoms with van der Waals surface area (Å²) in [4.78, 5) is 25.3. The number of unbranched alkanes of at least 4 members (excludes halogenated alkanes) is 2. The first-order chi connectivity index (χ1) is 18.4. The van der Waals surface area contributed by atoms with Gasteiger partial charge in [-0.15, -0.1) is 0 Å². The van der Waals surface area contributed by atoms with Gasteiger partial charge >= 0.3 is 12.1 Å². The van der Waals surface area contributed by atoms with E-state index in [1.807, 2.05) is 0 Å². The molecule has 1 aliphatic heterocycles. The maximum Gasteiger partial charge on any atom is 0.419 e. The number of carbonyl (C=O) groups is 1. The van der Waals surface area contributed by atoms with Crippen molar-refractivity contribution in [1.29, 1.82) is 0 Å². The predicted octanol–water partition coefficient (Wildman–Crippen LogP) is 4.60. The second-order valence-corrected chi connectivity index (χ2v) is 13.5. The lowest BCUT2D eigenvalue weighted by Gasteiger charge is -2.33. The molecule has 1 fully saturated rings.